The number of oxime groups is 1. The topological polar surface area (TPSA) is 86.3 Å². The standard InChI is InChI=1S/C15H22N2O4/c1-5-6-11(15(16)17-18)7-10-8-12(19-2)14(21-4)13(9-10)20-3/h5,8-9,11,18H,1,6-7H2,2-4H3,(H2,16,17). The van der Waals surface area contributed by atoms with Crippen molar-refractivity contribution >= 4 is 5.84 Å². The van der Waals surface area contributed by atoms with Crippen molar-refractivity contribution in [2.45, 2.75) is 12.8 Å². The molecule has 0 fully saturated rings. The van der Waals surface area contributed by atoms with Crippen LogP contribution < -0.4 is 19.9 Å². The number of rotatable bonds is 8. The number of amidine groups is 1. The quantitative estimate of drug-likeness (QED) is 0.252. The monoisotopic (exact) mass is 294 g/mol. The van der Waals surface area contributed by atoms with Gasteiger partial charge in [-0.15, -0.1) is 6.58 Å². The summed E-state index contributed by atoms with van der Waals surface area (Å²) in [5, 5.41) is 11.9. The molecule has 0 spiro atoms. The van der Waals surface area contributed by atoms with E-state index in [0.29, 0.717) is 30.1 Å². The van der Waals surface area contributed by atoms with Crippen LogP contribution in [0.15, 0.2) is 29.9 Å². The Morgan fingerprint density at radius 3 is 2.24 bits per heavy atom. The van der Waals surface area contributed by atoms with Gasteiger partial charge in [0.1, 0.15) is 5.84 Å². The summed E-state index contributed by atoms with van der Waals surface area (Å²) in [4.78, 5) is 0. The second-order valence-electron chi connectivity index (χ2n) is 4.48. The molecule has 1 aromatic rings. The fraction of sp³-hybridized carbons (Fsp3) is 0.400. The molecule has 1 unspecified atom stereocenters. The highest BCUT2D eigenvalue weighted by Gasteiger charge is 2.18. The van der Waals surface area contributed by atoms with Gasteiger partial charge >= 0.3 is 0 Å². The molecule has 0 aliphatic heterocycles. The summed E-state index contributed by atoms with van der Waals surface area (Å²) in [6.45, 7) is 3.69. The zero-order chi connectivity index (χ0) is 15.8. The van der Waals surface area contributed by atoms with E-state index in [1.165, 1.54) is 0 Å². The molecule has 0 radical (unpaired) electrons. The molecule has 0 aromatic heterocycles. The maximum absolute atomic E-state index is 8.85. The molecule has 21 heavy (non-hydrogen) atoms. The first kappa shape index (κ1) is 16.7. The number of hydrogen-bond acceptors (Lipinski definition) is 5. The third-order valence-corrected chi connectivity index (χ3v) is 3.19. The molecule has 116 valence electrons. The highest BCUT2D eigenvalue weighted by Crippen LogP contribution is 2.38. The van der Waals surface area contributed by atoms with Crippen LogP contribution in [0.2, 0.25) is 0 Å². The lowest BCUT2D eigenvalue weighted by atomic mass is 9.94. The average molecular weight is 294 g/mol. The molecule has 0 amide bonds. The molecular formula is C15H22N2O4. The third kappa shape index (κ3) is 4.05. The maximum Gasteiger partial charge on any atom is 0.203 e. The van der Waals surface area contributed by atoms with Gasteiger partial charge in [-0.1, -0.05) is 11.2 Å². The van der Waals surface area contributed by atoms with Crippen LogP contribution in [0.5, 0.6) is 17.2 Å². The van der Waals surface area contributed by atoms with Crippen LogP contribution in [0.25, 0.3) is 0 Å². The van der Waals surface area contributed by atoms with E-state index in [-0.39, 0.29) is 11.8 Å². The van der Waals surface area contributed by atoms with E-state index >= 15 is 0 Å². The van der Waals surface area contributed by atoms with Gasteiger partial charge in [0, 0.05) is 5.92 Å². The fourth-order valence-corrected chi connectivity index (χ4v) is 2.13. The molecule has 3 N–H and O–H groups in total. The van der Waals surface area contributed by atoms with Crippen LogP contribution in [0, 0.1) is 5.92 Å². The lowest BCUT2D eigenvalue weighted by Crippen LogP contribution is -2.25. The molecule has 1 atom stereocenters. The van der Waals surface area contributed by atoms with Crippen molar-refractivity contribution in [3.05, 3.63) is 30.4 Å². The van der Waals surface area contributed by atoms with Gasteiger partial charge in [-0.3, -0.25) is 0 Å². The second kappa shape index (κ2) is 8.04. The van der Waals surface area contributed by atoms with Gasteiger partial charge in [0.15, 0.2) is 11.5 Å². The number of ether oxygens (including phenoxy) is 3. The van der Waals surface area contributed by atoms with E-state index < -0.39 is 0 Å². The van der Waals surface area contributed by atoms with Gasteiger partial charge < -0.3 is 25.2 Å². The van der Waals surface area contributed by atoms with Gasteiger partial charge in [-0.2, -0.15) is 0 Å². The van der Waals surface area contributed by atoms with Crippen molar-refractivity contribution in [2.24, 2.45) is 16.8 Å². The van der Waals surface area contributed by atoms with Gasteiger partial charge in [0.25, 0.3) is 0 Å². The highest BCUT2D eigenvalue weighted by molar-refractivity contribution is 5.82. The number of methoxy groups -OCH3 is 3. The SMILES string of the molecule is C=CCC(Cc1cc(OC)c(OC)c(OC)c1)/C(N)=N/O. The van der Waals surface area contributed by atoms with Crippen molar-refractivity contribution < 1.29 is 19.4 Å². The number of nitrogens with zero attached hydrogens (tertiary/aromatic N) is 1. The molecule has 6 nitrogen and oxygen atoms in total. The fourth-order valence-electron chi connectivity index (χ4n) is 2.13. The first-order valence-corrected chi connectivity index (χ1v) is 6.48. The summed E-state index contributed by atoms with van der Waals surface area (Å²) in [6.07, 6.45) is 2.91. The Morgan fingerprint density at radius 1 is 1.29 bits per heavy atom. The van der Waals surface area contributed by atoms with Gasteiger partial charge in [0.2, 0.25) is 5.75 Å². The molecule has 0 saturated carbocycles. The molecule has 0 saturated heterocycles. The Morgan fingerprint density at radius 2 is 1.86 bits per heavy atom. The Kier molecular flexibility index (Phi) is 6.39. The molecule has 0 aliphatic rings. The second-order valence-corrected chi connectivity index (χ2v) is 4.48. The lowest BCUT2D eigenvalue weighted by molar-refractivity contribution is 0.313. The van der Waals surface area contributed by atoms with E-state index in [2.05, 4.69) is 11.7 Å². The minimum atomic E-state index is -0.143. The molecular weight excluding hydrogens is 272 g/mol. The number of hydrogen-bond donors (Lipinski definition) is 2. The first-order chi connectivity index (χ1) is 10.1. The summed E-state index contributed by atoms with van der Waals surface area (Å²) in [6, 6.07) is 3.70. The van der Waals surface area contributed by atoms with Gasteiger partial charge in [0.05, 0.1) is 21.3 Å². The van der Waals surface area contributed by atoms with Crippen LogP contribution in [0.4, 0.5) is 0 Å². The van der Waals surface area contributed by atoms with Crippen LogP contribution >= 0.6 is 0 Å². The van der Waals surface area contributed by atoms with E-state index in [9.17, 15) is 0 Å². The lowest BCUT2D eigenvalue weighted by Gasteiger charge is -2.17. The summed E-state index contributed by atoms with van der Waals surface area (Å²) in [5.41, 5.74) is 6.65. The predicted molar refractivity (Wildman–Crippen MR) is 81.5 cm³/mol. The van der Waals surface area contributed by atoms with E-state index in [0.717, 1.165) is 5.56 Å². The van der Waals surface area contributed by atoms with Crippen molar-refractivity contribution in [1.82, 2.24) is 0 Å². The maximum atomic E-state index is 8.85. The summed E-state index contributed by atoms with van der Waals surface area (Å²) in [7, 11) is 4.68. The minimum Gasteiger partial charge on any atom is -0.493 e. The Balaban J connectivity index is 3.15. The minimum absolute atomic E-state index is 0.143. The van der Waals surface area contributed by atoms with Crippen molar-refractivity contribution in [1.29, 1.82) is 0 Å². The smallest absolute Gasteiger partial charge is 0.203 e. The van der Waals surface area contributed by atoms with Gasteiger partial charge in [-0.25, -0.2) is 0 Å². The zero-order valence-electron chi connectivity index (χ0n) is 12.6. The molecule has 6 heteroatoms. The average Bonchev–Trinajstić information content (AvgIpc) is 2.52. The Labute approximate surface area is 124 Å². The van der Waals surface area contributed by atoms with Crippen molar-refractivity contribution in [2.75, 3.05) is 21.3 Å². The number of nitrogens with two attached hydrogens (primary N) is 1. The normalized spacial score (nSPS) is 12.6. The zero-order valence-corrected chi connectivity index (χ0v) is 12.6. The Bertz CT molecular complexity index is 489. The molecule has 0 bridgehead atoms. The molecule has 1 rings (SSSR count). The predicted octanol–water partition coefficient (Wildman–Crippen LogP) is 2.19. The Hall–Kier alpha value is -2.37. The molecule has 1 aromatic carbocycles. The van der Waals surface area contributed by atoms with Crippen LogP contribution in [-0.4, -0.2) is 32.4 Å². The highest BCUT2D eigenvalue weighted by atomic mass is 16.5. The van der Waals surface area contributed by atoms with Crippen LogP contribution in [0.3, 0.4) is 0 Å². The summed E-state index contributed by atoms with van der Waals surface area (Å²) >= 11 is 0. The molecule has 0 aliphatic carbocycles. The van der Waals surface area contributed by atoms with E-state index in [4.69, 9.17) is 25.2 Å². The van der Waals surface area contributed by atoms with Crippen molar-refractivity contribution in [3.8, 4) is 17.2 Å². The largest absolute Gasteiger partial charge is 0.493 e. The number of benzene rings is 1. The molecule has 0 heterocycles. The summed E-state index contributed by atoms with van der Waals surface area (Å²) in [5.74, 6) is 1.71. The third-order valence-electron chi connectivity index (χ3n) is 3.19. The van der Waals surface area contributed by atoms with Crippen molar-refractivity contribution in [3.63, 3.8) is 0 Å². The van der Waals surface area contributed by atoms with E-state index in [1.54, 1.807) is 27.4 Å². The first-order valence-electron chi connectivity index (χ1n) is 6.48. The van der Waals surface area contributed by atoms with Crippen LogP contribution in [-0.2, 0) is 6.42 Å². The number of allylic oxidation sites excluding steroid dienone is 1. The van der Waals surface area contributed by atoms with E-state index in [1.807, 2.05) is 12.1 Å². The van der Waals surface area contributed by atoms with Crippen LogP contribution in [0.1, 0.15) is 12.0 Å². The summed E-state index contributed by atoms with van der Waals surface area (Å²) < 4.78 is 15.9. The van der Waals surface area contributed by atoms with Gasteiger partial charge in [-0.05, 0) is 30.5 Å².